The Morgan fingerprint density at radius 1 is 1.18 bits per heavy atom. The molecule has 0 saturated heterocycles. The lowest BCUT2D eigenvalue weighted by Crippen LogP contribution is -2.39. The highest BCUT2D eigenvalue weighted by molar-refractivity contribution is 5.86. The summed E-state index contributed by atoms with van der Waals surface area (Å²) in [6.07, 6.45) is 6.66. The smallest absolute Gasteiger partial charge is 0.132 e. The molecule has 0 fully saturated rings. The van der Waals surface area contributed by atoms with Crippen LogP contribution in [-0.4, -0.2) is 29.2 Å². The number of pyridine rings is 1. The number of nitrogens with zero attached hydrogens (tertiary/aromatic N) is 1. The number of hydrogen-bond donors (Lipinski definition) is 2. The molecular weight excluding hydrogens is 353 g/mol. The molecule has 0 amide bonds. The Kier molecular flexibility index (Phi) is 4.45. The van der Waals surface area contributed by atoms with Crippen molar-refractivity contribution in [2.24, 2.45) is 0 Å². The second kappa shape index (κ2) is 7.24. The summed E-state index contributed by atoms with van der Waals surface area (Å²) in [7, 11) is 0. The van der Waals surface area contributed by atoms with Gasteiger partial charge < -0.3 is 15.0 Å². The van der Waals surface area contributed by atoms with Crippen molar-refractivity contribution in [2.75, 3.05) is 13.2 Å². The van der Waals surface area contributed by atoms with Crippen LogP contribution in [0.1, 0.15) is 17.5 Å². The van der Waals surface area contributed by atoms with Gasteiger partial charge in [-0.3, -0.25) is 4.98 Å². The van der Waals surface area contributed by atoms with Crippen LogP contribution in [0, 0.1) is 5.82 Å². The summed E-state index contributed by atoms with van der Waals surface area (Å²) in [5, 5.41) is 5.68. The van der Waals surface area contributed by atoms with E-state index < -0.39 is 0 Å². The standard InChI is InChI=1S/C23H22FN3O/c24-17-6-8-22-20(12-17)16(13-27-22)3-1-9-25-18-11-15-5-7-21-19(4-2-10-26-21)23(15)28-14-18/h2,4-8,10,12-13,18,25,27H,1,3,9,11,14H2. The van der Waals surface area contributed by atoms with Crippen LogP contribution in [-0.2, 0) is 12.8 Å². The highest BCUT2D eigenvalue weighted by Gasteiger charge is 2.21. The van der Waals surface area contributed by atoms with Gasteiger partial charge in [0.15, 0.2) is 0 Å². The van der Waals surface area contributed by atoms with Gasteiger partial charge in [0, 0.05) is 34.7 Å². The molecule has 0 aliphatic carbocycles. The molecule has 2 aromatic heterocycles. The number of fused-ring (bicyclic) bond motifs is 4. The molecule has 4 aromatic rings. The first kappa shape index (κ1) is 17.2. The molecule has 1 aliphatic rings. The molecule has 4 nitrogen and oxygen atoms in total. The number of H-pyrrole nitrogens is 1. The van der Waals surface area contributed by atoms with Crippen molar-refractivity contribution in [3.05, 3.63) is 71.8 Å². The Labute approximate surface area is 162 Å². The Balaban J connectivity index is 1.19. The lowest BCUT2D eigenvalue weighted by atomic mass is 9.99. The number of benzene rings is 2. The quantitative estimate of drug-likeness (QED) is 0.509. The summed E-state index contributed by atoms with van der Waals surface area (Å²) in [4.78, 5) is 7.62. The molecule has 1 atom stereocenters. The second-order valence-electron chi connectivity index (χ2n) is 7.40. The van der Waals surface area contributed by atoms with Crippen LogP contribution >= 0.6 is 0 Å². The molecule has 5 rings (SSSR count). The van der Waals surface area contributed by atoms with Gasteiger partial charge in [0.2, 0.25) is 0 Å². The maximum absolute atomic E-state index is 13.5. The SMILES string of the molecule is Fc1ccc2[nH]cc(CCCNC3COc4c(ccc5ncccc45)C3)c2c1. The Bertz CT molecular complexity index is 1140. The third kappa shape index (κ3) is 3.22. The molecule has 0 spiro atoms. The van der Waals surface area contributed by atoms with Gasteiger partial charge in [0.05, 0.1) is 5.52 Å². The van der Waals surface area contributed by atoms with Crippen molar-refractivity contribution in [3.8, 4) is 5.75 Å². The van der Waals surface area contributed by atoms with Crippen LogP contribution < -0.4 is 10.1 Å². The first-order valence-corrected chi connectivity index (χ1v) is 9.76. The predicted octanol–water partition coefficient (Wildman–Crippen LogP) is 4.38. The van der Waals surface area contributed by atoms with E-state index in [4.69, 9.17) is 4.74 Å². The summed E-state index contributed by atoms with van der Waals surface area (Å²) in [6.45, 7) is 1.57. The van der Waals surface area contributed by atoms with Gasteiger partial charge in [-0.15, -0.1) is 0 Å². The second-order valence-corrected chi connectivity index (χ2v) is 7.40. The average Bonchev–Trinajstić information content (AvgIpc) is 3.13. The molecule has 0 saturated carbocycles. The van der Waals surface area contributed by atoms with Crippen molar-refractivity contribution in [2.45, 2.75) is 25.3 Å². The van der Waals surface area contributed by atoms with Gasteiger partial charge in [0.25, 0.3) is 0 Å². The van der Waals surface area contributed by atoms with Gasteiger partial charge in [0.1, 0.15) is 18.2 Å². The van der Waals surface area contributed by atoms with Crippen LogP contribution in [0.25, 0.3) is 21.8 Å². The topological polar surface area (TPSA) is 49.9 Å². The average molecular weight is 375 g/mol. The van der Waals surface area contributed by atoms with E-state index in [1.54, 1.807) is 12.1 Å². The number of aryl methyl sites for hydroxylation is 1. The largest absolute Gasteiger partial charge is 0.491 e. The van der Waals surface area contributed by atoms with Crippen LogP contribution in [0.3, 0.4) is 0 Å². The van der Waals surface area contributed by atoms with Crippen molar-refractivity contribution < 1.29 is 9.13 Å². The zero-order chi connectivity index (χ0) is 18.9. The van der Waals surface area contributed by atoms with E-state index in [1.807, 2.05) is 18.5 Å². The third-order valence-corrected chi connectivity index (χ3v) is 5.50. The van der Waals surface area contributed by atoms with Gasteiger partial charge in [-0.05, 0) is 73.3 Å². The maximum atomic E-state index is 13.5. The van der Waals surface area contributed by atoms with Gasteiger partial charge >= 0.3 is 0 Å². The van der Waals surface area contributed by atoms with Gasteiger partial charge in [-0.2, -0.15) is 0 Å². The van der Waals surface area contributed by atoms with Crippen molar-refractivity contribution >= 4 is 21.8 Å². The fourth-order valence-corrected chi connectivity index (χ4v) is 4.08. The van der Waals surface area contributed by atoms with Crippen molar-refractivity contribution in [1.82, 2.24) is 15.3 Å². The molecule has 0 bridgehead atoms. The summed E-state index contributed by atoms with van der Waals surface area (Å²) >= 11 is 0. The summed E-state index contributed by atoms with van der Waals surface area (Å²) < 4.78 is 19.6. The van der Waals surface area contributed by atoms with Gasteiger partial charge in [-0.25, -0.2) is 4.39 Å². The van der Waals surface area contributed by atoms with E-state index in [2.05, 4.69) is 33.5 Å². The molecule has 0 radical (unpaired) electrons. The third-order valence-electron chi connectivity index (χ3n) is 5.50. The number of aromatic amines is 1. The molecule has 5 heteroatoms. The van der Waals surface area contributed by atoms with E-state index in [9.17, 15) is 4.39 Å². The number of hydrogen-bond acceptors (Lipinski definition) is 3. The molecule has 1 aliphatic heterocycles. The number of aromatic nitrogens is 2. The summed E-state index contributed by atoms with van der Waals surface area (Å²) in [5.41, 5.74) is 4.36. The predicted molar refractivity (Wildman–Crippen MR) is 109 cm³/mol. The van der Waals surface area contributed by atoms with E-state index in [0.29, 0.717) is 12.6 Å². The van der Waals surface area contributed by atoms with Crippen molar-refractivity contribution in [3.63, 3.8) is 0 Å². The molecular formula is C23H22FN3O. The monoisotopic (exact) mass is 375 g/mol. The Morgan fingerprint density at radius 3 is 3.11 bits per heavy atom. The molecule has 1 unspecified atom stereocenters. The van der Waals surface area contributed by atoms with E-state index >= 15 is 0 Å². The van der Waals surface area contributed by atoms with E-state index in [0.717, 1.165) is 53.4 Å². The zero-order valence-electron chi connectivity index (χ0n) is 15.5. The molecule has 28 heavy (non-hydrogen) atoms. The lowest BCUT2D eigenvalue weighted by molar-refractivity contribution is 0.242. The van der Waals surface area contributed by atoms with Crippen molar-refractivity contribution in [1.29, 1.82) is 0 Å². The summed E-state index contributed by atoms with van der Waals surface area (Å²) in [6, 6.07) is 13.4. The molecule has 2 aromatic carbocycles. The highest BCUT2D eigenvalue weighted by Crippen LogP contribution is 2.32. The first-order valence-electron chi connectivity index (χ1n) is 9.76. The molecule has 2 N–H and O–H groups in total. The minimum Gasteiger partial charge on any atom is -0.491 e. The van der Waals surface area contributed by atoms with Gasteiger partial charge in [-0.1, -0.05) is 6.07 Å². The minimum atomic E-state index is -0.188. The Morgan fingerprint density at radius 2 is 2.14 bits per heavy atom. The fourth-order valence-electron chi connectivity index (χ4n) is 4.08. The number of halogens is 1. The summed E-state index contributed by atoms with van der Waals surface area (Å²) in [5.74, 6) is 0.789. The van der Waals surface area contributed by atoms with E-state index in [-0.39, 0.29) is 5.82 Å². The van der Waals surface area contributed by atoms with Crippen LogP contribution in [0.2, 0.25) is 0 Å². The lowest BCUT2D eigenvalue weighted by Gasteiger charge is -2.27. The molecule has 142 valence electrons. The van der Waals surface area contributed by atoms with Crippen LogP contribution in [0.5, 0.6) is 5.75 Å². The van der Waals surface area contributed by atoms with Crippen LogP contribution in [0.15, 0.2) is 54.9 Å². The number of rotatable bonds is 5. The fraction of sp³-hybridized carbons (Fsp3) is 0.261. The first-order chi connectivity index (χ1) is 13.8. The van der Waals surface area contributed by atoms with Crippen LogP contribution in [0.4, 0.5) is 4.39 Å². The molecule has 3 heterocycles. The Hall–Kier alpha value is -2.92. The highest BCUT2D eigenvalue weighted by atomic mass is 19.1. The normalized spacial score (nSPS) is 16.2. The number of ether oxygens (including phenoxy) is 1. The number of nitrogens with one attached hydrogen (secondary N) is 2. The zero-order valence-corrected chi connectivity index (χ0v) is 15.5. The minimum absolute atomic E-state index is 0.188. The maximum Gasteiger partial charge on any atom is 0.132 e. The van der Waals surface area contributed by atoms with E-state index in [1.165, 1.54) is 17.2 Å².